The van der Waals surface area contributed by atoms with Crippen molar-refractivity contribution in [1.82, 2.24) is 5.32 Å². The van der Waals surface area contributed by atoms with E-state index < -0.39 is 0 Å². The Kier molecular flexibility index (Phi) is 6.21. The van der Waals surface area contributed by atoms with Crippen LogP contribution in [0.15, 0.2) is 53.0 Å². The van der Waals surface area contributed by atoms with E-state index in [1.54, 1.807) is 7.11 Å². The molecule has 1 atom stereocenters. The average Bonchev–Trinajstić information content (AvgIpc) is 2.53. The smallest absolute Gasteiger partial charge is 0.171 e. The van der Waals surface area contributed by atoms with Gasteiger partial charge in [-0.3, -0.25) is 0 Å². The van der Waals surface area contributed by atoms with Crippen molar-refractivity contribution < 1.29 is 4.74 Å². The number of nitrogens with one attached hydrogen (secondary N) is 2. The zero-order valence-electron chi connectivity index (χ0n) is 12.6. The number of thiocarbonyl (C=S) groups is 1. The SMILES string of the molecule is CC[C@@H](NC(=S)Nc1cccc(OC)c1)c1ccc(Br)cc1. The predicted molar refractivity (Wildman–Crippen MR) is 99.5 cm³/mol. The molecule has 0 unspecified atom stereocenters. The van der Waals surface area contributed by atoms with Crippen molar-refractivity contribution in [3.8, 4) is 5.75 Å². The van der Waals surface area contributed by atoms with Crippen LogP contribution in [0.1, 0.15) is 24.9 Å². The molecule has 0 saturated heterocycles. The fourth-order valence-electron chi connectivity index (χ4n) is 2.14. The third-order valence-corrected chi connectivity index (χ3v) is 4.06. The number of benzene rings is 2. The lowest BCUT2D eigenvalue weighted by atomic mass is 10.1. The Morgan fingerprint density at radius 3 is 2.59 bits per heavy atom. The minimum Gasteiger partial charge on any atom is -0.497 e. The Balaban J connectivity index is 2.01. The third kappa shape index (κ3) is 4.71. The highest BCUT2D eigenvalue weighted by molar-refractivity contribution is 9.10. The Labute approximate surface area is 145 Å². The van der Waals surface area contributed by atoms with Crippen molar-refractivity contribution in [3.05, 3.63) is 58.6 Å². The molecule has 0 radical (unpaired) electrons. The Morgan fingerprint density at radius 1 is 1.23 bits per heavy atom. The quantitative estimate of drug-likeness (QED) is 0.725. The van der Waals surface area contributed by atoms with Crippen molar-refractivity contribution in [2.45, 2.75) is 19.4 Å². The molecule has 0 saturated carbocycles. The van der Waals surface area contributed by atoms with E-state index in [2.05, 4.69) is 45.6 Å². The lowest BCUT2D eigenvalue weighted by molar-refractivity contribution is 0.415. The molecule has 0 aromatic heterocycles. The van der Waals surface area contributed by atoms with Gasteiger partial charge in [0.25, 0.3) is 0 Å². The van der Waals surface area contributed by atoms with Crippen LogP contribution in [0, 0.1) is 0 Å². The number of anilines is 1. The first kappa shape index (κ1) is 16.8. The van der Waals surface area contributed by atoms with Gasteiger partial charge in [-0.1, -0.05) is 41.1 Å². The molecule has 116 valence electrons. The van der Waals surface area contributed by atoms with Gasteiger partial charge in [0.2, 0.25) is 0 Å². The highest BCUT2D eigenvalue weighted by Crippen LogP contribution is 2.20. The molecular weight excluding hydrogens is 360 g/mol. The van der Waals surface area contributed by atoms with Crippen LogP contribution >= 0.6 is 28.1 Å². The summed E-state index contributed by atoms with van der Waals surface area (Å²) in [5.74, 6) is 0.799. The van der Waals surface area contributed by atoms with Gasteiger partial charge < -0.3 is 15.4 Å². The van der Waals surface area contributed by atoms with Gasteiger partial charge >= 0.3 is 0 Å². The molecule has 0 fully saturated rings. The summed E-state index contributed by atoms with van der Waals surface area (Å²) in [6, 6.07) is 16.1. The first-order valence-corrected chi connectivity index (χ1v) is 8.29. The van der Waals surface area contributed by atoms with Gasteiger partial charge in [0, 0.05) is 16.2 Å². The largest absolute Gasteiger partial charge is 0.497 e. The number of methoxy groups -OCH3 is 1. The first-order valence-electron chi connectivity index (χ1n) is 7.09. The Bertz CT molecular complexity index is 631. The summed E-state index contributed by atoms with van der Waals surface area (Å²) in [5, 5.41) is 7.15. The van der Waals surface area contributed by atoms with E-state index in [4.69, 9.17) is 17.0 Å². The summed E-state index contributed by atoms with van der Waals surface area (Å²) in [6.45, 7) is 2.13. The summed E-state index contributed by atoms with van der Waals surface area (Å²) in [4.78, 5) is 0. The monoisotopic (exact) mass is 378 g/mol. The molecule has 2 N–H and O–H groups in total. The number of ether oxygens (including phenoxy) is 1. The number of rotatable bonds is 5. The fourth-order valence-corrected chi connectivity index (χ4v) is 2.67. The number of halogens is 1. The molecule has 5 heteroatoms. The summed E-state index contributed by atoms with van der Waals surface area (Å²) < 4.78 is 6.28. The zero-order valence-corrected chi connectivity index (χ0v) is 15.0. The zero-order chi connectivity index (χ0) is 15.9. The maximum Gasteiger partial charge on any atom is 0.171 e. The van der Waals surface area contributed by atoms with Crippen molar-refractivity contribution in [2.75, 3.05) is 12.4 Å². The molecule has 0 heterocycles. The highest BCUT2D eigenvalue weighted by Gasteiger charge is 2.10. The van der Waals surface area contributed by atoms with Crippen LogP contribution in [0.4, 0.5) is 5.69 Å². The maximum atomic E-state index is 5.41. The van der Waals surface area contributed by atoms with Crippen LogP contribution in [0.2, 0.25) is 0 Å². The van der Waals surface area contributed by atoms with Crippen molar-refractivity contribution in [1.29, 1.82) is 0 Å². The molecule has 2 rings (SSSR count). The van der Waals surface area contributed by atoms with Crippen LogP contribution in [0.3, 0.4) is 0 Å². The standard InChI is InChI=1S/C17H19BrN2OS/c1-3-16(12-7-9-13(18)10-8-12)20-17(22)19-14-5-4-6-15(11-14)21-2/h4-11,16H,3H2,1-2H3,(H2,19,20,22)/t16-/m1/s1. The fraction of sp³-hybridized carbons (Fsp3) is 0.235. The second-order valence-electron chi connectivity index (χ2n) is 4.84. The highest BCUT2D eigenvalue weighted by atomic mass is 79.9. The number of hydrogen-bond acceptors (Lipinski definition) is 2. The van der Waals surface area contributed by atoms with E-state index in [1.807, 2.05) is 36.4 Å². The molecule has 22 heavy (non-hydrogen) atoms. The first-order chi connectivity index (χ1) is 10.6. The van der Waals surface area contributed by atoms with Gasteiger partial charge in [-0.2, -0.15) is 0 Å². The topological polar surface area (TPSA) is 33.3 Å². The molecule has 0 aliphatic carbocycles. The second kappa shape index (κ2) is 8.15. The maximum absolute atomic E-state index is 5.41. The van der Waals surface area contributed by atoms with E-state index >= 15 is 0 Å². The normalized spacial score (nSPS) is 11.6. The summed E-state index contributed by atoms with van der Waals surface area (Å²) in [6.07, 6.45) is 0.946. The molecule has 2 aromatic carbocycles. The van der Waals surface area contributed by atoms with Gasteiger partial charge in [-0.25, -0.2) is 0 Å². The molecule has 0 aliphatic heterocycles. The van der Waals surface area contributed by atoms with E-state index in [0.29, 0.717) is 5.11 Å². The van der Waals surface area contributed by atoms with Crippen molar-refractivity contribution >= 4 is 38.9 Å². The number of hydrogen-bond donors (Lipinski definition) is 2. The minimum atomic E-state index is 0.179. The van der Waals surface area contributed by atoms with Gasteiger partial charge in [0.15, 0.2) is 5.11 Å². The summed E-state index contributed by atoms with van der Waals surface area (Å²) in [7, 11) is 1.65. The van der Waals surface area contributed by atoms with Crippen LogP contribution in [-0.2, 0) is 0 Å². The molecule has 0 spiro atoms. The molecule has 0 bridgehead atoms. The van der Waals surface area contributed by atoms with Gasteiger partial charge in [0.1, 0.15) is 5.75 Å². The van der Waals surface area contributed by atoms with Crippen LogP contribution in [-0.4, -0.2) is 12.2 Å². The third-order valence-electron chi connectivity index (χ3n) is 3.31. The Morgan fingerprint density at radius 2 is 1.95 bits per heavy atom. The van der Waals surface area contributed by atoms with Crippen LogP contribution in [0.25, 0.3) is 0 Å². The molecule has 2 aromatic rings. The summed E-state index contributed by atoms with van der Waals surface area (Å²) in [5.41, 5.74) is 2.11. The minimum absolute atomic E-state index is 0.179. The van der Waals surface area contributed by atoms with E-state index in [1.165, 1.54) is 5.56 Å². The van der Waals surface area contributed by atoms with E-state index in [9.17, 15) is 0 Å². The van der Waals surface area contributed by atoms with Gasteiger partial charge in [-0.05, 0) is 48.5 Å². The molecule has 0 amide bonds. The molecular formula is C17H19BrN2OS. The second-order valence-corrected chi connectivity index (χ2v) is 6.17. The van der Waals surface area contributed by atoms with Crippen molar-refractivity contribution in [2.24, 2.45) is 0 Å². The lowest BCUT2D eigenvalue weighted by Crippen LogP contribution is -2.32. The average molecular weight is 379 g/mol. The Hall–Kier alpha value is -1.59. The lowest BCUT2D eigenvalue weighted by Gasteiger charge is -2.20. The predicted octanol–water partition coefficient (Wildman–Crippen LogP) is 4.90. The van der Waals surface area contributed by atoms with Gasteiger partial charge in [0.05, 0.1) is 13.2 Å². The molecule has 0 aliphatic rings. The summed E-state index contributed by atoms with van der Waals surface area (Å²) >= 11 is 8.87. The van der Waals surface area contributed by atoms with Crippen LogP contribution in [0.5, 0.6) is 5.75 Å². The van der Waals surface area contributed by atoms with Crippen LogP contribution < -0.4 is 15.4 Å². The van der Waals surface area contributed by atoms with Gasteiger partial charge in [-0.15, -0.1) is 0 Å². The molecule has 3 nitrogen and oxygen atoms in total. The van der Waals surface area contributed by atoms with E-state index in [-0.39, 0.29) is 6.04 Å². The van der Waals surface area contributed by atoms with Crippen molar-refractivity contribution in [3.63, 3.8) is 0 Å². The van der Waals surface area contributed by atoms with E-state index in [0.717, 1.165) is 22.3 Å².